The van der Waals surface area contributed by atoms with Gasteiger partial charge in [0, 0.05) is 0 Å². The topological polar surface area (TPSA) is 15.7 Å². The molecule has 3 aromatic carbocycles. The summed E-state index contributed by atoms with van der Waals surface area (Å²) in [5.41, 5.74) is 9.17. The van der Waals surface area contributed by atoms with Gasteiger partial charge in [0.05, 0.1) is 0 Å². The van der Waals surface area contributed by atoms with E-state index >= 15 is 0 Å². The SMILES string of the molecule is COc1c(C(C)(C)C)cc(C)cc1C(C)(C)[C]1([Er]([CH2]c2ccccc2N(C)C)[CH2]c2ccccc2N(C)C)C=CC=C1. The molecule has 0 aromatic heterocycles. The molecule has 0 radical (unpaired) electrons. The number of ether oxygens (including phenoxy) is 1. The molecule has 231 valence electrons. The van der Waals surface area contributed by atoms with E-state index < -0.39 is 31.5 Å². The van der Waals surface area contributed by atoms with E-state index in [1.807, 2.05) is 7.11 Å². The van der Waals surface area contributed by atoms with Crippen molar-refractivity contribution >= 4 is 11.4 Å². The molecule has 0 saturated carbocycles. The molecule has 0 aliphatic heterocycles. The van der Waals surface area contributed by atoms with Gasteiger partial charge in [-0.25, -0.2) is 0 Å². The van der Waals surface area contributed by atoms with Crippen LogP contribution in [-0.4, -0.2) is 35.3 Å². The minimum absolute atomic E-state index is 0.0250. The van der Waals surface area contributed by atoms with Crippen LogP contribution in [0.4, 0.5) is 11.4 Å². The van der Waals surface area contributed by atoms with Crippen LogP contribution >= 0.6 is 0 Å². The van der Waals surface area contributed by atoms with E-state index in [1.54, 1.807) is 0 Å². The van der Waals surface area contributed by atoms with E-state index in [4.69, 9.17) is 4.74 Å². The van der Waals surface area contributed by atoms with Gasteiger partial charge in [0.25, 0.3) is 0 Å². The number of rotatable bonds is 10. The predicted octanol–water partition coefficient (Wildman–Crippen LogP) is 9.02. The van der Waals surface area contributed by atoms with Crippen LogP contribution in [0.15, 0.2) is 85.0 Å². The van der Waals surface area contributed by atoms with Gasteiger partial charge in [-0.2, -0.15) is 0 Å². The monoisotopic (exact) mass is 717 g/mol. The molecule has 1 aliphatic carbocycles. The first-order valence-corrected chi connectivity index (χ1v) is 18.3. The Labute approximate surface area is 268 Å². The van der Waals surface area contributed by atoms with Crippen molar-refractivity contribution in [2.45, 2.75) is 59.1 Å². The summed E-state index contributed by atoms with van der Waals surface area (Å²) in [4.78, 5) is 4.54. The van der Waals surface area contributed by atoms with Crippen molar-refractivity contribution in [3.63, 3.8) is 0 Å². The molecule has 0 saturated heterocycles. The van der Waals surface area contributed by atoms with Gasteiger partial charge in [0.15, 0.2) is 0 Å². The molecular weight excluding hydrogens is 668 g/mol. The molecule has 3 aromatic rings. The summed E-state index contributed by atoms with van der Waals surface area (Å²) < 4.78 is 8.39. The number of methoxy groups -OCH3 is 1. The summed E-state index contributed by atoms with van der Waals surface area (Å²) in [5.74, 6) is 1.04. The van der Waals surface area contributed by atoms with Crippen molar-refractivity contribution in [2.75, 3.05) is 45.1 Å². The molecule has 0 bridgehead atoms. The zero-order valence-electron chi connectivity index (χ0n) is 27.6. The number of para-hydroxylation sites is 2. The second-order valence-electron chi connectivity index (χ2n) is 13.3. The zero-order chi connectivity index (χ0) is 30.9. The van der Waals surface area contributed by atoms with Gasteiger partial charge in [0.1, 0.15) is 0 Å². The Morgan fingerprint density at radius 3 is 1.60 bits per heavy atom. The summed E-state index contributed by atoms with van der Waals surface area (Å²) in [6.45, 7) is 14.0. The molecule has 4 rings (SSSR count). The quantitative estimate of drug-likeness (QED) is 0.208. The van der Waals surface area contributed by atoms with Crippen LogP contribution in [0.2, 0.25) is 1.57 Å². The number of anilines is 2. The average molecular weight is 719 g/mol. The Bertz CT molecular complexity index is 1390. The first-order chi connectivity index (χ1) is 19.7. The Balaban J connectivity index is 1.97. The molecule has 0 amide bonds. The predicted molar refractivity (Wildman–Crippen MR) is 179 cm³/mol. The van der Waals surface area contributed by atoms with Crippen molar-refractivity contribution in [2.24, 2.45) is 0 Å². The van der Waals surface area contributed by atoms with Gasteiger partial charge < -0.3 is 0 Å². The number of benzene rings is 3. The van der Waals surface area contributed by atoms with E-state index in [1.165, 1.54) is 39.2 Å². The molecule has 0 spiro atoms. The summed E-state index contributed by atoms with van der Waals surface area (Å²) in [5, 5.41) is 0. The van der Waals surface area contributed by atoms with Gasteiger partial charge in [-0.15, -0.1) is 0 Å². The fraction of sp³-hybridized carbons (Fsp3) is 0.421. The van der Waals surface area contributed by atoms with Crippen LogP contribution in [0.25, 0.3) is 0 Å². The van der Waals surface area contributed by atoms with Crippen LogP contribution in [0, 0.1) is 38.4 Å². The fourth-order valence-corrected chi connectivity index (χ4v) is 13.2. The standard InChI is InChI=1S/C20H27O.2C9H12N.Er/c1-14-12-16(19(2,3)4)18(21-7)17(13-14)20(5,6)15-10-8-9-11-15;2*1-8-6-4-5-7-9(8)10(2)3;/h8-13H,1-7H3;2*4-7H,1H2,2-3H3;. The van der Waals surface area contributed by atoms with E-state index in [0.717, 1.165) is 10.9 Å². The van der Waals surface area contributed by atoms with Crippen molar-refractivity contribution in [3.8, 4) is 5.75 Å². The second-order valence-corrected chi connectivity index (χ2v) is 18.4. The first-order valence-electron chi connectivity index (χ1n) is 14.7. The molecule has 3 nitrogen and oxygen atoms in total. The molecule has 4 heteroatoms. The first kappa shape index (κ1) is 32.7. The number of aryl methyl sites for hydroxylation is 1. The van der Waals surface area contributed by atoms with Gasteiger partial charge in [-0.05, 0) is 0 Å². The Hall–Kier alpha value is -2.21. The van der Waals surface area contributed by atoms with Crippen LogP contribution < -0.4 is 14.5 Å². The summed E-state index contributed by atoms with van der Waals surface area (Å²) in [6, 6.07) is 22.7. The van der Waals surface area contributed by atoms with Gasteiger partial charge >= 0.3 is 270 Å². The summed E-state index contributed by atoms with van der Waals surface area (Å²) in [6.07, 6.45) is 9.67. The van der Waals surface area contributed by atoms with E-state index in [-0.39, 0.29) is 12.4 Å². The maximum absolute atomic E-state index is 6.32. The van der Waals surface area contributed by atoms with E-state index in [0.29, 0.717) is 0 Å². The minimum atomic E-state index is -1.70. The molecule has 42 heavy (non-hydrogen) atoms. The number of allylic oxidation sites excluding steroid dienone is 4. The third kappa shape index (κ3) is 6.34. The maximum atomic E-state index is 6.32. The molecule has 0 heterocycles. The number of hydrogen-bond acceptors (Lipinski definition) is 3. The second kappa shape index (κ2) is 12.8. The van der Waals surface area contributed by atoms with Crippen LogP contribution in [0.5, 0.6) is 5.75 Å². The van der Waals surface area contributed by atoms with Crippen molar-refractivity contribution in [3.05, 3.63) is 113 Å². The van der Waals surface area contributed by atoms with Crippen molar-refractivity contribution < 1.29 is 36.2 Å². The van der Waals surface area contributed by atoms with E-state index in [2.05, 4.69) is 165 Å². The Kier molecular flexibility index (Phi) is 9.96. The average Bonchev–Trinajstić information content (AvgIpc) is 3.44. The fourth-order valence-electron chi connectivity index (χ4n) is 5.98. The normalized spacial score (nSPS) is 14.7. The van der Waals surface area contributed by atoms with Crippen LogP contribution in [0.3, 0.4) is 0 Å². The third-order valence-electron chi connectivity index (χ3n) is 8.33. The van der Waals surface area contributed by atoms with Crippen LogP contribution in [0.1, 0.15) is 62.4 Å². The number of nitrogens with zero attached hydrogens (tertiary/aromatic N) is 2. The molecule has 1 aliphatic rings. The van der Waals surface area contributed by atoms with Gasteiger partial charge in [-0.1, -0.05) is 0 Å². The summed E-state index contributed by atoms with van der Waals surface area (Å²) >= 11 is -1.70. The van der Waals surface area contributed by atoms with E-state index in [9.17, 15) is 0 Å². The third-order valence-corrected chi connectivity index (χ3v) is 15.3. The molecule has 0 N–H and O–H groups in total. The van der Waals surface area contributed by atoms with Crippen molar-refractivity contribution in [1.82, 2.24) is 0 Å². The summed E-state index contributed by atoms with van der Waals surface area (Å²) in [7, 11) is 10.5. The molecule has 0 atom stereocenters. The molecule has 0 unspecified atom stereocenters. The number of hydrogen-bond donors (Lipinski definition) is 0. The Morgan fingerprint density at radius 2 is 1.17 bits per heavy atom. The van der Waals surface area contributed by atoms with Gasteiger partial charge in [-0.3, -0.25) is 0 Å². The van der Waals surface area contributed by atoms with Crippen molar-refractivity contribution in [1.29, 1.82) is 0 Å². The van der Waals surface area contributed by atoms with Crippen LogP contribution in [-0.2, 0) is 16.0 Å². The molecular formula is C38H51ErN2O. The van der Waals surface area contributed by atoms with Gasteiger partial charge in [0.2, 0.25) is 0 Å². The zero-order valence-corrected chi connectivity index (χ0v) is 29.4. The molecule has 0 fully saturated rings. The Morgan fingerprint density at radius 1 is 0.714 bits per heavy atom.